The Morgan fingerprint density at radius 2 is 2.00 bits per heavy atom. The number of hydrogen-bond acceptors (Lipinski definition) is 5. The molecule has 0 atom stereocenters. The molecule has 88 valence electrons. The van der Waals surface area contributed by atoms with Crippen molar-refractivity contribution in [3.05, 3.63) is 24.8 Å². The predicted octanol–water partition coefficient (Wildman–Crippen LogP) is 0.836. The van der Waals surface area contributed by atoms with Crippen LogP contribution >= 0.6 is 0 Å². The summed E-state index contributed by atoms with van der Waals surface area (Å²) in [5.41, 5.74) is 0. The van der Waals surface area contributed by atoms with Gasteiger partial charge < -0.3 is 5.32 Å². The van der Waals surface area contributed by atoms with Crippen molar-refractivity contribution >= 4 is 21.7 Å². The van der Waals surface area contributed by atoms with Crippen LogP contribution in [0.1, 0.15) is 6.92 Å². The molecule has 1 rings (SSSR count). The van der Waals surface area contributed by atoms with Crippen LogP contribution in [0.25, 0.3) is 0 Å². The van der Waals surface area contributed by atoms with E-state index in [2.05, 4.69) is 26.8 Å². The third-order valence-corrected chi connectivity index (χ3v) is 3.01. The van der Waals surface area contributed by atoms with E-state index in [1.165, 1.54) is 0 Å². The molecule has 0 saturated heterocycles. The maximum atomic E-state index is 11.2. The monoisotopic (exact) mass is 242 g/mol. The third-order valence-electron chi connectivity index (χ3n) is 1.73. The van der Waals surface area contributed by atoms with Crippen LogP contribution in [0.2, 0.25) is 0 Å². The highest BCUT2D eigenvalue weighted by molar-refractivity contribution is 7.92. The van der Waals surface area contributed by atoms with Gasteiger partial charge in [-0.15, -0.1) is 16.8 Å². The van der Waals surface area contributed by atoms with Crippen molar-refractivity contribution in [1.29, 1.82) is 0 Å². The SMILES string of the molecule is C=CCNc1ccc(NS(=O)(=O)CC)nn1. The zero-order valence-corrected chi connectivity index (χ0v) is 9.79. The minimum Gasteiger partial charge on any atom is -0.365 e. The summed E-state index contributed by atoms with van der Waals surface area (Å²) in [6.45, 7) is 5.68. The molecule has 0 aliphatic heterocycles. The van der Waals surface area contributed by atoms with Gasteiger partial charge in [0.2, 0.25) is 10.0 Å². The van der Waals surface area contributed by atoms with E-state index in [1.54, 1.807) is 25.1 Å². The first kappa shape index (κ1) is 12.4. The summed E-state index contributed by atoms with van der Waals surface area (Å²) in [5, 5.41) is 10.5. The molecule has 0 aliphatic carbocycles. The number of aromatic nitrogens is 2. The van der Waals surface area contributed by atoms with E-state index in [1.807, 2.05) is 0 Å². The summed E-state index contributed by atoms with van der Waals surface area (Å²) >= 11 is 0. The number of rotatable bonds is 6. The normalized spacial score (nSPS) is 10.8. The lowest BCUT2D eigenvalue weighted by Gasteiger charge is -2.05. The number of hydrogen-bond donors (Lipinski definition) is 2. The summed E-state index contributed by atoms with van der Waals surface area (Å²) in [6, 6.07) is 3.19. The standard InChI is InChI=1S/C9H14N4O2S/c1-3-7-10-8-5-6-9(12-11-8)13-16(14,15)4-2/h3,5-6H,1,4,7H2,2H3,(H,10,11)(H,12,13). The van der Waals surface area contributed by atoms with E-state index in [4.69, 9.17) is 0 Å². The largest absolute Gasteiger partial charge is 0.365 e. The highest BCUT2D eigenvalue weighted by atomic mass is 32.2. The van der Waals surface area contributed by atoms with Crippen molar-refractivity contribution < 1.29 is 8.42 Å². The fraction of sp³-hybridized carbons (Fsp3) is 0.333. The molecule has 0 fully saturated rings. The van der Waals surface area contributed by atoms with Crippen molar-refractivity contribution in [2.75, 3.05) is 22.3 Å². The number of nitrogens with zero attached hydrogens (tertiary/aromatic N) is 2. The van der Waals surface area contributed by atoms with Gasteiger partial charge in [-0.1, -0.05) is 6.08 Å². The van der Waals surface area contributed by atoms with Gasteiger partial charge in [-0.05, 0) is 19.1 Å². The van der Waals surface area contributed by atoms with Crippen LogP contribution in [0.5, 0.6) is 0 Å². The second-order valence-corrected chi connectivity index (χ2v) is 4.99. The molecule has 1 aromatic heterocycles. The Hall–Kier alpha value is -1.63. The predicted molar refractivity (Wildman–Crippen MR) is 63.8 cm³/mol. The zero-order valence-electron chi connectivity index (χ0n) is 8.97. The third kappa shape index (κ3) is 3.85. The molecule has 0 aliphatic rings. The summed E-state index contributed by atoms with van der Waals surface area (Å²) in [5.74, 6) is 0.788. The summed E-state index contributed by atoms with van der Waals surface area (Å²) < 4.78 is 24.7. The van der Waals surface area contributed by atoms with Gasteiger partial charge in [0.05, 0.1) is 5.75 Å². The molecule has 2 N–H and O–H groups in total. The fourth-order valence-electron chi connectivity index (χ4n) is 0.889. The molecule has 7 heteroatoms. The quantitative estimate of drug-likeness (QED) is 0.722. The van der Waals surface area contributed by atoms with E-state index < -0.39 is 10.0 Å². The van der Waals surface area contributed by atoms with Gasteiger partial charge in [-0.25, -0.2) is 8.42 Å². The maximum Gasteiger partial charge on any atom is 0.233 e. The Labute approximate surface area is 94.8 Å². The van der Waals surface area contributed by atoms with Crippen molar-refractivity contribution in [2.45, 2.75) is 6.92 Å². The van der Waals surface area contributed by atoms with Crippen LogP contribution < -0.4 is 10.0 Å². The van der Waals surface area contributed by atoms with E-state index in [0.717, 1.165) is 0 Å². The first-order valence-electron chi connectivity index (χ1n) is 4.76. The van der Waals surface area contributed by atoms with Gasteiger partial charge in [-0.3, -0.25) is 4.72 Å². The summed E-state index contributed by atoms with van der Waals surface area (Å²) in [6.07, 6.45) is 1.69. The van der Waals surface area contributed by atoms with Crippen LogP contribution in [0.4, 0.5) is 11.6 Å². The van der Waals surface area contributed by atoms with Gasteiger partial charge >= 0.3 is 0 Å². The lowest BCUT2D eigenvalue weighted by molar-refractivity contribution is 0.602. The first-order valence-corrected chi connectivity index (χ1v) is 6.41. The molecule has 0 saturated carbocycles. The Balaban J connectivity index is 2.68. The van der Waals surface area contributed by atoms with Crippen LogP contribution in [0, 0.1) is 0 Å². The second-order valence-electron chi connectivity index (χ2n) is 2.98. The highest BCUT2D eigenvalue weighted by Gasteiger charge is 2.07. The van der Waals surface area contributed by atoms with Crippen LogP contribution in [-0.2, 0) is 10.0 Å². The smallest absolute Gasteiger partial charge is 0.233 e. The first-order chi connectivity index (χ1) is 7.57. The molecular weight excluding hydrogens is 228 g/mol. The minimum atomic E-state index is -3.29. The molecule has 16 heavy (non-hydrogen) atoms. The van der Waals surface area contributed by atoms with E-state index in [0.29, 0.717) is 12.4 Å². The average molecular weight is 242 g/mol. The molecule has 1 heterocycles. The van der Waals surface area contributed by atoms with Crippen LogP contribution in [-0.4, -0.2) is 30.9 Å². The highest BCUT2D eigenvalue weighted by Crippen LogP contribution is 2.07. The Morgan fingerprint density at radius 1 is 1.38 bits per heavy atom. The molecule has 0 aromatic carbocycles. The molecular formula is C9H14N4O2S. The van der Waals surface area contributed by atoms with Gasteiger partial charge in [0.1, 0.15) is 5.82 Å². The van der Waals surface area contributed by atoms with Crippen LogP contribution in [0.3, 0.4) is 0 Å². The molecule has 0 bridgehead atoms. The maximum absolute atomic E-state index is 11.2. The molecule has 1 aromatic rings. The van der Waals surface area contributed by atoms with E-state index in [9.17, 15) is 8.42 Å². The van der Waals surface area contributed by atoms with Crippen molar-refractivity contribution in [2.24, 2.45) is 0 Å². The van der Waals surface area contributed by atoms with Crippen LogP contribution in [0.15, 0.2) is 24.8 Å². The van der Waals surface area contributed by atoms with Gasteiger partial charge in [-0.2, -0.15) is 0 Å². The van der Waals surface area contributed by atoms with Crippen molar-refractivity contribution in [1.82, 2.24) is 10.2 Å². The number of sulfonamides is 1. The lowest BCUT2D eigenvalue weighted by Crippen LogP contribution is -2.16. The molecule has 0 spiro atoms. The average Bonchev–Trinajstić information content (AvgIpc) is 2.28. The minimum absolute atomic E-state index is 0.00510. The lowest BCUT2D eigenvalue weighted by atomic mass is 10.5. The Bertz CT molecular complexity index is 441. The fourth-order valence-corrected chi connectivity index (χ4v) is 1.46. The zero-order chi connectivity index (χ0) is 12.0. The number of anilines is 2. The summed E-state index contributed by atoms with van der Waals surface area (Å²) in [4.78, 5) is 0. The van der Waals surface area contributed by atoms with Gasteiger partial charge in [0.15, 0.2) is 5.82 Å². The molecule has 6 nitrogen and oxygen atoms in total. The second kappa shape index (κ2) is 5.45. The molecule has 0 radical (unpaired) electrons. The topological polar surface area (TPSA) is 84.0 Å². The van der Waals surface area contributed by atoms with E-state index >= 15 is 0 Å². The van der Waals surface area contributed by atoms with Crippen molar-refractivity contribution in [3.8, 4) is 0 Å². The number of nitrogens with one attached hydrogen (secondary N) is 2. The molecule has 0 amide bonds. The Morgan fingerprint density at radius 3 is 2.50 bits per heavy atom. The van der Waals surface area contributed by atoms with Gasteiger partial charge in [0, 0.05) is 6.54 Å². The molecule has 0 unspecified atom stereocenters. The van der Waals surface area contributed by atoms with Gasteiger partial charge in [0.25, 0.3) is 0 Å². The Kier molecular flexibility index (Phi) is 4.24. The van der Waals surface area contributed by atoms with E-state index in [-0.39, 0.29) is 11.6 Å². The van der Waals surface area contributed by atoms with Crippen molar-refractivity contribution in [3.63, 3.8) is 0 Å². The summed E-state index contributed by atoms with van der Waals surface area (Å²) in [7, 11) is -3.29.